The van der Waals surface area contributed by atoms with E-state index in [4.69, 9.17) is 4.99 Å². The number of rotatable bonds is 3. The van der Waals surface area contributed by atoms with Crippen molar-refractivity contribution in [2.45, 2.75) is 64.2 Å². The number of aryl methyl sites for hydroxylation is 1. The number of hydrogen-bond donors (Lipinski definition) is 1. The highest BCUT2D eigenvalue weighted by atomic mass is 15.0. The Kier molecular flexibility index (Phi) is 5.59. The summed E-state index contributed by atoms with van der Waals surface area (Å²) in [6, 6.07) is 13.2. The first kappa shape index (κ1) is 20.0. The zero-order chi connectivity index (χ0) is 21.2. The van der Waals surface area contributed by atoms with Gasteiger partial charge in [-0.3, -0.25) is 4.98 Å². The third kappa shape index (κ3) is 4.27. The minimum absolute atomic E-state index is 0.731. The van der Waals surface area contributed by atoms with E-state index < -0.39 is 0 Å². The number of benzene rings is 1. The third-order valence-corrected chi connectivity index (χ3v) is 6.88. The fourth-order valence-corrected chi connectivity index (χ4v) is 5.20. The molecule has 0 saturated heterocycles. The van der Waals surface area contributed by atoms with Crippen molar-refractivity contribution >= 4 is 17.2 Å². The van der Waals surface area contributed by atoms with Crippen molar-refractivity contribution in [3.8, 4) is 0 Å². The maximum atomic E-state index is 5.11. The molecule has 0 amide bonds. The van der Waals surface area contributed by atoms with Crippen LogP contribution in [0.15, 0.2) is 77.0 Å². The molecule has 1 aliphatic heterocycles. The van der Waals surface area contributed by atoms with Crippen LogP contribution in [0.3, 0.4) is 0 Å². The number of aliphatic imine (C=N–C) groups is 1. The van der Waals surface area contributed by atoms with E-state index in [-0.39, 0.29) is 0 Å². The van der Waals surface area contributed by atoms with Gasteiger partial charge in [0, 0.05) is 23.1 Å². The Balaban J connectivity index is 1.45. The van der Waals surface area contributed by atoms with Crippen LogP contribution in [0.1, 0.15) is 74.1 Å². The van der Waals surface area contributed by atoms with E-state index in [1.165, 1.54) is 55.2 Å². The van der Waals surface area contributed by atoms with Crippen LogP contribution in [-0.2, 0) is 0 Å². The highest BCUT2D eigenvalue weighted by Gasteiger charge is 2.24. The summed E-state index contributed by atoms with van der Waals surface area (Å²) in [5.41, 5.74) is 9.38. The highest BCUT2D eigenvalue weighted by molar-refractivity contribution is 6.12. The SMILES string of the molecule is C=C1C=C(c2ccnc(C)c2)N=C(Nc2ccc(C3CCCCC3)cc2)C2=C1CCC2. The molecule has 3 nitrogen and oxygen atoms in total. The standard InChI is InChI=1S/C28H31N3/c1-19-17-27(23-15-16-29-20(2)18-23)31-28(26-10-6-9-25(19)26)30-24-13-11-22(12-14-24)21-7-4-3-5-8-21/h11-18,21H,1,3-10H2,2H3,(H,30,31). The Morgan fingerprint density at radius 2 is 1.71 bits per heavy atom. The van der Waals surface area contributed by atoms with E-state index in [9.17, 15) is 0 Å². The summed E-state index contributed by atoms with van der Waals surface area (Å²) in [6.45, 7) is 6.39. The van der Waals surface area contributed by atoms with Crippen molar-refractivity contribution in [2.75, 3.05) is 5.32 Å². The molecule has 0 atom stereocenters. The zero-order valence-corrected chi connectivity index (χ0v) is 18.5. The molecule has 0 unspecified atom stereocenters. The van der Waals surface area contributed by atoms with Gasteiger partial charge in [0.25, 0.3) is 0 Å². The van der Waals surface area contributed by atoms with Crippen LogP contribution < -0.4 is 5.32 Å². The topological polar surface area (TPSA) is 37.3 Å². The van der Waals surface area contributed by atoms with Gasteiger partial charge in [0.1, 0.15) is 5.84 Å². The molecule has 158 valence electrons. The number of anilines is 1. The fourth-order valence-electron chi connectivity index (χ4n) is 5.20. The molecule has 1 aromatic carbocycles. The van der Waals surface area contributed by atoms with E-state index in [0.29, 0.717) is 0 Å². The summed E-state index contributed by atoms with van der Waals surface area (Å²) < 4.78 is 0. The van der Waals surface area contributed by atoms with Gasteiger partial charge in [-0.25, -0.2) is 4.99 Å². The summed E-state index contributed by atoms with van der Waals surface area (Å²) >= 11 is 0. The number of hydrogen-bond acceptors (Lipinski definition) is 3. The lowest BCUT2D eigenvalue weighted by Crippen LogP contribution is -2.15. The van der Waals surface area contributed by atoms with Crippen molar-refractivity contribution in [1.82, 2.24) is 4.98 Å². The third-order valence-electron chi connectivity index (χ3n) is 6.88. The molecule has 1 aromatic heterocycles. The minimum Gasteiger partial charge on any atom is -0.340 e. The molecule has 1 N–H and O–H groups in total. The Morgan fingerprint density at radius 3 is 2.48 bits per heavy atom. The number of nitrogens with one attached hydrogen (secondary N) is 1. The second-order valence-corrected chi connectivity index (χ2v) is 9.09. The fraction of sp³-hybridized carbons (Fsp3) is 0.357. The average Bonchev–Trinajstić information content (AvgIpc) is 3.25. The normalized spacial score (nSPS) is 19.6. The van der Waals surface area contributed by atoms with E-state index in [1.807, 2.05) is 19.2 Å². The molecule has 1 saturated carbocycles. The number of nitrogens with zero attached hydrogens (tertiary/aromatic N) is 2. The van der Waals surface area contributed by atoms with E-state index in [2.05, 4.69) is 53.3 Å². The predicted molar refractivity (Wildman–Crippen MR) is 130 cm³/mol. The Hall–Kier alpha value is -2.94. The zero-order valence-electron chi connectivity index (χ0n) is 18.5. The molecule has 31 heavy (non-hydrogen) atoms. The molecular weight excluding hydrogens is 378 g/mol. The molecule has 3 aliphatic rings. The quantitative estimate of drug-likeness (QED) is 0.576. The summed E-state index contributed by atoms with van der Waals surface area (Å²) in [4.78, 5) is 9.45. The Labute approximate surface area is 185 Å². The van der Waals surface area contributed by atoms with Gasteiger partial charge in [-0.1, -0.05) is 38.0 Å². The van der Waals surface area contributed by atoms with Gasteiger partial charge in [-0.2, -0.15) is 0 Å². The molecule has 2 aromatic rings. The molecule has 2 aliphatic carbocycles. The summed E-state index contributed by atoms with van der Waals surface area (Å²) in [5.74, 6) is 1.70. The lowest BCUT2D eigenvalue weighted by atomic mass is 9.84. The maximum absolute atomic E-state index is 5.11. The van der Waals surface area contributed by atoms with E-state index in [1.54, 1.807) is 0 Å². The maximum Gasteiger partial charge on any atom is 0.134 e. The van der Waals surface area contributed by atoms with Crippen LogP contribution in [-0.4, -0.2) is 10.8 Å². The predicted octanol–water partition coefficient (Wildman–Crippen LogP) is 7.34. The van der Waals surface area contributed by atoms with Crippen LogP contribution in [0.4, 0.5) is 5.69 Å². The molecule has 5 rings (SSSR count). The molecule has 2 heterocycles. The molecule has 3 heteroatoms. The van der Waals surface area contributed by atoms with Crippen LogP contribution in [0.2, 0.25) is 0 Å². The van der Waals surface area contributed by atoms with Crippen LogP contribution in [0, 0.1) is 6.92 Å². The smallest absolute Gasteiger partial charge is 0.134 e. The Bertz CT molecular complexity index is 1080. The van der Waals surface area contributed by atoms with Crippen molar-refractivity contribution < 1.29 is 0 Å². The van der Waals surface area contributed by atoms with Gasteiger partial charge in [-0.05, 0) is 97.6 Å². The van der Waals surface area contributed by atoms with E-state index >= 15 is 0 Å². The van der Waals surface area contributed by atoms with Gasteiger partial charge in [0.15, 0.2) is 0 Å². The van der Waals surface area contributed by atoms with Crippen molar-refractivity contribution in [3.63, 3.8) is 0 Å². The molecule has 0 spiro atoms. The first-order chi connectivity index (χ1) is 15.2. The molecular formula is C28H31N3. The average molecular weight is 410 g/mol. The lowest BCUT2D eigenvalue weighted by molar-refractivity contribution is 0.443. The molecule has 0 radical (unpaired) electrons. The highest BCUT2D eigenvalue weighted by Crippen LogP contribution is 2.37. The minimum atomic E-state index is 0.731. The number of pyridine rings is 1. The lowest BCUT2D eigenvalue weighted by Gasteiger charge is -2.22. The first-order valence-electron chi connectivity index (χ1n) is 11.7. The Morgan fingerprint density at radius 1 is 0.935 bits per heavy atom. The van der Waals surface area contributed by atoms with Crippen LogP contribution in [0.5, 0.6) is 0 Å². The summed E-state index contributed by atoms with van der Waals surface area (Å²) in [7, 11) is 0. The second-order valence-electron chi connectivity index (χ2n) is 9.09. The number of allylic oxidation sites excluding steroid dienone is 3. The van der Waals surface area contributed by atoms with Gasteiger partial charge < -0.3 is 5.32 Å². The summed E-state index contributed by atoms with van der Waals surface area (Å²) in [5, 5.41) is 3.65. The van der Waals surface area contributed by atoms with E-state index in [0.717, 1.165) is 52.8 Å². The molecule has 0 bridgehead atoms. The van der Waals surface area contributed by atoms with Crippen LogP contribution >= 0.6 is 0 Å². The van der Waals surface area contributed by atoms with Gasteiger partial charge >= 0.3 is 0 Å². The van der Waals surface area contributed by atoms with Crippen molar-refractivity contribution in [3.05, 3.63) is 88.8 Å². The van der Waals surface area contributed by atoms with Gasteiger partial charge in [0.05, 0.1) is 5.70 Å². The van der Waals surface area contributed by atoms with Crippen molar-refractivity contribution in [1.29, 1.82) is 0 Å². The van der Waals surface area contributed by atoms with Gasteiger partial charge in [0.2, 0.25) is 0 Å². The largest absolute Gasteiger partial charge is 0.340 e. The van der Waals surface area contributed by atoms with Gasteiger partial charge in [-0.15, -0.1) is 0 Å². The second kappa shape index (κ2) is 8.66. The molecule has 1 fully saturated rings. The summed E-state index contributed by atoms with van der Waals surface area (Å²) in [6.07, 6.45) is 14.1. The van der Waals surface area contributed by atoms with Crippen LogP contribution in [0.25, 0.3) is 5.70 Å². The number of aromatic nitrogens is 1. The number of amidine groups is 1. The van der Waals surface area contributed by atoms with Crippen molar-refractivity contribution in [2.24, 2.45) is 4.99 Å². The first-order valence-corrected chi connectivity index (χ1v) is 11.7. The monoisotopic (exact) mass is 409 g/mol.